The zero-order chi connectivity index (χ0) is 13.9. The van der Waals surface area contributed by atoms with Crippen molar-refractivity contribution in [1.29, 1.82) is 0 Å². The second kappa shape index (κ2) is 5.40. The maximum absolute atomic E-state index is 9.55. The van der Waals surface area contributed by atoms with E-state index in [4.69, 9.17) is 11.6 Å². The van der Waals surface area contributed by atoms with Gasteiger partial charge < -0.3 is 10.4 Å². The summed E-state index contributed by atoms with van der Waals surface area (Å²) in [5, 5.41) is 23.0. The summed E-state index contributed by atoms with van der Waals surface area (Å²) in [7, 11) is 0. The van der Waals surface area contributed by atoms with Crippen molar-refractivity contribution in [2.45, 2.75) is 6.04 Å². The van der Waals surface area contributed by atoms with E-state index in [-0.39, 0.29) is 17.9 Å². The molecule has 7 nitrogen and oxygen atoms in total. The summed E-state index contributed by atoms with van der Waals surface area (Å²) in [4.78, 5) is 8.05. The van der Waals surface area contributed by atoms with Gasteiger partial charge in [-0.15, -0.1) is 5.10 Å². The number of nitrogens with one attached hydrogen (secondary N) is 2. The zero-order valence-electron chi connectivity index (χ0n) is 10.3. The Hall–Kier alpha value is -2.25. The predicted molar refractivity (Wildman–Crippen MR) is 74.4 cm³/mol. The van der Waals surface area contributed by atoms with Crippen molar-refractivity contribution in [1.82, 2.24) is 25.4 Å². The lowest BCUT2D eigenvalue weighted by Gasteiger charge is -2.17. The summed E-state index contributed by atoms with van der Waals surface area (Å²) in [6, 6.07) is 9.22. The molecule has 0 saturated heterocycles. The first-order valence-electron chi connectivity index (χ1n) is 5.94. The third-order valence-corrected chi connectivity index (χ3v) is 3.02. The van der Waals surface area contributed by atoms with Crippen LogP contribution in [0, 0.1) is 0 Å². The molecule has 3 N–H and O–H groups in total. The molecule has 2 aromatic heterocycles. The quantitative estimate of drug-likeness (QED) is 0.630. The number of aromatic amines is 1. The Kier molecular flexibility index (Phi) is 3.44. The highest BCUT2D eigenvalue weighted by Gasteiger charge is 2.16. The molecule has 8 heteroatoms. The number of fused-ring (bicyclic) bond motifs is 1. The molecule has 3 aromatic rings. The molecular formula is C12H11ClN6O. The standard InChI is InChI=1S/C12H11ClN6O/c13-12-15-10(9-11(16-12)18-19-17-9)14-8(6-20)7-4-2-1-3-5-7/h1-5,8,20H,6H2,(H2,14,15,16,17,18,19)/t8-/m1/s1. The number of H-pyrrole nitrogens is 1. The fourth-order valence-corrected chi connectivity index (χ4v) is 2.07. The van der Waals surface area contributed by atoms with Crippen LogP contribution in [0.4, 0.5) is 5.82 Å². The van der Waals surface area contributed by atoms with E-state index in [1.807, 2.05) is 30.3 Å². The van der Waals surface area contributed by atoms with Crippen LogP contribution in [0.1, 0.15) is 11.6 Å². The van der Waals surface area contributed by atoms with Gasteiger partial charge in [-0.3, -0.25) is 0 Å². The molecule has 0 aliphatic carbocycles. The Morgan fingerprint density at radius 1 is 1.20 bits per heavy atom. The highest BCUT2D eigenvalue weighted by molar-refractivity contribution is 6.28. The number of rotatable bonds is 4. The van der Waals surface area contributed by atoms with Crippen LogP contribution in [0.3, 0.4) is 0 Å². The van der Waals surface area contributed by atoms with Crippen molar-refractivity contribution < 1.29 is 5.11 Å². The second-order valence-electron chi connectivity index (χ2n) is 4.13. The minimum absolute atomic E-state index is 0.0682. The summed E-state index contributed by atoms with van der Waals surface area (Å²) in [5.41, 5.74) is 1.78. The van der Waals surface area contributed by atoms with Crippen LogP contribution in [0.5, 0.6) is 0 Å². The number of halogens is 1. The van der Waals surface area contributed by atoms with Crippen molar-refractivity contribution in [2.75, 3.05) is 11.9 Å². The fraction of sp³-hybridized carbons (Fsp3) is 0.167. The summed E-state index contributed by atoms with van der Waals surface area (Å²) in [6.07, 6.45) is 0. The van der Waals surface area contributed by atoms with Crippen LogP contribution in [-0.4, -0.2) is 37.1 Å². The minimum Gasteiger partial charge on any atom is -0.394 e. The van der Waals surface area contributed by atoms with Crippen molar-refractivity contribution in [3.8, 4) is 0 Å². The summed E-state index contributed by atoms with van der Waals surface area (Å²) in [6.45, 7) is -0.0923. The zero-order valence-corrected chi connectivity index (χ0v) is 11.0. The lowest BCUT2D eigenvalue weighted by atomic mass is 10.1. The van der Waals surface area contributed by atoms with E-state index in [9.17, 15) is 5.11 Å². The third kappa shape index (κ3) is 2.40. The summed E-state index contributed by atoms with van der Waals surface area (Å²) in [5.74, 6) is 0.427. The highest BCUT2D eigenvalue weighted by atomic mass is 35.5. The van der Waals surface area contributed by atoms with E-state index in [2.05, 4.69) is 30.7 Å². The monoisotopic (exact) mass is 290 g/mol. The molecule has 2 heterocycles. The van der Waals surface area contributed by atoms with E-state index >= 15 is 0 Å². The van der Waals surface area contributed by atoms with Crippen LogP contribution >= 0.6 is 11.6 Å². The number of aliphatic hydroxyl groups excluding tert-OH is 1. The van der Waals surface area contributed by atoms with E-state index in [1.165, 1.54) is 0 Å². The summed E-state index contributed by atoms with van der Waals surface area (Å²) < 4.78 is 0. The first-order chi connectivity index (χ1) is 9.78. The van der Waals surface area contributed by atoms with Gasteiger partial charge in [0.15, 0.2) is 11.3 Å². The number of hydrogen-bond donors (Lipinski definition) is 3. The maximum atomic E-state index is 9.55. The van der Waals surface area contributed by atoms with E-state index in [0.717, 1.165) is 5.56 Å². The molecule has 0 amide bonds. The summed E-state index contributed by atoms with van der Waals surface area (Å²) >= 11 is 5.85. The molecule has 1 aromatic carbocycles. The van der Waals surface area contributed by atoms with Crippen LogP contribution in [-0.2, 0) is 0 Å². The van der Waals surface area contributed by atoms with Gasteiger partial charge in [0.1, 0.15) is 0 Å². The number of benzene rings is 1. The topological polar surface area (TPSA) is 99.6 Å². The van der Waals surface area contributed by atoms with Gasteiger partial charge in [0.2, 0.25) is 10.9 Å². The van der Waals surface area contributed by atoms with Crippen LogP contribution in [0.2, 0.25) is 5.28 Å². The van der Waals surface area contributed by atoms with E-state index in [1.54, 1.807) is 0 Å². The highest BCUT2D eigenvalue weighted by Crippen LogP contribution is 2.23. The predicted octanol–water partition coefficient (Wildman–Crippen LogP) is 1.55. The molecule has 3 rings (SSSR count). The van der Waals surface area contributed by atoms with Crippen molar-refractivity contribution in [3.05, 3.63) is 41.2 Å². The Balaban J connectivity index is 1.97. The van der Waals surface area contributed by atoms with E-state index < -0.39 is 0 Å². The minimum atomic E-state index is -0.318. The third-order valence-electron chi connectivity index (χ3n) is 2.85. The number of hydrogen-bond acceptors (Lipinski definition) is 6. The molecule has 0 aliphatic heterocycles. The van der Waals surface area contributed by atoms with Crippen molar-refractivity contribution in [2.24, 2.45) is 0 Å². The second-order valence-corrected chi connectivity index (χ2v) is 4.47. The Morgan fingerprint density at radius 3 is 2.75 bits per heavy atom. The maximum Gasteiger partial charge on any atom is 0.226 e. The van der Waals surface area contributed by atoms with Gasteiger partial charge in [0.25, 0.3) is 0 Å². The van der Waals surface area contributed by atoms with Gasteiger partial charge in [-0.25, -0.2) is 0 Å². The Labute approximate surface area is 119 Å². The number of nitrogens with zero attached hydrogens (tertiary/aromatic N) is 4. The average molecular weight is 291 g/mol. The molecule has 0 radical (unpaired) electrons. The van der Waals surface area contributed by atoms with Gasteiger partial charge >= 0.3 is 0 Å². The number of aliphatic hydroxyl groups is 1. The lowest BCUT2D eigenvalue weighted by molar-refractivity contribution is 0.276. The van der Waals surface area contributed by atoms with Crippen LogP contribution in [0.15, 0.2) is 30.3 Å². The molecule has 0 bridgehead atoms. The van der Waals surface area contributed by atoms with Gasteiger partial charge in [-0.1, -0.05) is 30.3 Å². The molecule has 20 heavy (non-hydrogen) atoms. The molecule has 0 unspecified atom stereocenters. The largest absolute Gasteiger partial charge is 0.394 e. The molecule has 0 spiro atoms. The first-order valence-corrected chi connectivity index (χ1v) is 6.32. The van der Waals surface area contributed by atoms with Crippen molar-refractivity contribution in [3.63, 3.8) is 0 Å². The molecule has 0 fully saturated rings. The number of anilines is 1. The normalized spacial score (nSPS) is 12.5. The molecular weight excluding hydrogens is 280 g/mol. The first kappa shape index (κ1) is 12.8. The number of aromatic nitrogens is 5. The molecule has 0 aliphatic rings. The van der Waals surface area contributed by atoms with Gasteiger partial charge in [-0.2, -0.15) is 20.3 Å². The van der Waals surface area contributed by atoms with Crippen molar-refractivity contribution >= 4 is 28.6 Å². The fourth-order valence-electron chi connectivity index (χ4n) is 1.91. The lowest BCUT2D eigenvalue weighted by Crippen LogP contribution is -2.16. The van der Waals surface area contributed by atoms with Gasteiger partial charge in [0, 0.05) is 0 Å². The van der Waals surface area contributed by atoms with Gasteiger partial charge in [0.05, 0.1) is 12.6 Å². The molecule has 102 valence electrons. The molecule has 0 saturated carbocycles. The van der Waals surface area contributed by atoms with Crippen LogP contribution < -0.4 is 5.32 Å². The molecule has 1 atom stereocenters. The Bertz CT molecular complexity index is 716. The average Bonchev–Trinajstić information content (AvgIpc) is 2.93. The van der Waals surface area contributed by atoms with Gasteiger partial charge in [-0.05, 0) is 17.2 Å². The van der Waals surface area contributed by atoms with E-state index in [0.29, 0.717) is 17.0 Å². The SMILES string of the molecule is OC[C@@H](Nc1nc(Cl)nc2n[nH]nc12)c1ccccc1. The van der Waals surface area contributed by atoms with Crippen LogP contribution in [0.25, 0.3) is 11.2 Å². The smallest absolute Gasteiger partial charge is 0.226 e. The Morgan fingerprint density at radius 2 is 2.00 bits per heavy atom.